The SMILES string of the molecule is CC(CO)Nc1cccc(Cl)c1N. The van der Waals surface area contributed by atoms with Crippen LogP contribution in [0.25, 0.3) is 0 Å². The molecule has 0 radical (unpaired) electrons. The van der Waals surface area contributed by atoms with Crippen LogP contribution in [0, 0.1) is 0 Å². The second kappa shape index (κ2) is 4.35. The van der Waals surface area contributed by atoms with Gasteiger partial charge in [0.25, 0.3) is 0 Å². The van der Waals surface area contributed by atoms with Gasteiger partial charge in [0.2, 0.25) is 0 Å². The van der Waals surface area contributed by atoms with Crippen molar-refractivity contribution in [2.75, 3.05) is 17.7 Å². The van der Waals surface area contributed by atoms with Crippen LogP contribution < -0.4 is 11.1 Å². The van der Waals surface area contributed by atoms with Crippen LogP contribution in [0.4, 0.5) is 11.4 Å². The number of halogens is 1. The van der Waals surface area contributed by atoms with Crippen molar-refractivity contribution in [2.45, 2.75) is 13.0 Å². The van der Waals surface area contributed by atoms with Crippen molar-refractivity contribution in [3.63, 3.8) is 0 Å². The van der Waals surface area contributed by atoms with Crippen molar-refractivity contribution >= 4 is 23.0 Å². The number of rotatable bonds is 3. The van der Waals surface area contributed by atoms with Gasteiger partial charge in [0, 0.05) is 6.04 Å². The average molecular weight is 201 g/mol. The first-order valence-electron chi connectivity index (χ1n) is 4.06. The van der Waals surface area contributed by atoms with Gasteiger partial charge >= 0.3 is 0 Å². The Labute approximate surface area is 82.5 Å². The van der Waals surface area contributed by atoms with Crippen molar-refractivity contribution in [1.82, 2.24) is 0 Å². The summed E-state index contributed by atoms with van der Waals surface area (Å²) in [4.78, 5) is 0. The summed E-state index contributed by atoms with van der Waals surface area (Å²) in [6.45, 7) is 1.92. The van der Waals surface area contributed by atoms with Gasteiger partial charge in [0.05, 0.1) is 23.0 Å². The summed E-state index contributed by atoms with van der Waals surface area (Å²) in [5.41, 5.74) is 6.99. The maximum Gasteiger partial charge on any atom is 0.0739 e. The Balaban J connectivity index is 2.83. The Kier molecular flexibility index (Phi) is 3.39. The number of aliphatic hydroxyl groups is 1. The third kappa shape index (κ3) is 2.50. The molecule has 4 N–H and O–H groups in total. The first kappa shape index (κ1) is 10.2. The van der Waals surface area contributed by atoms with Gasteiger partial charge in [-0.3, -0.25) is 0 Å². The van der Waals surface area contributed by atoms with E-state index in [1.54, 1.807) is 6.07 Å². The zero-order valence-electron chi connectivity index (χ0n) is 7.42. The zero-order chi connectivity index (χ0) is 9.84. The molecular formula is C9H13ClN2O. The highest BCUT2D eigenvalue weighted by molar-refractivity contribution is 6.33. The van der Waals surface area contributed by atoms with Crippen molar-refractivity contribution in [3.05, 3.63) is 23.2 Å². The van der Waals surface area contributed by atoms with E-state index < -0.39 is 0 Å². The molecule has 0 saturated carbocycles. The van der Waals surface area contributed by atoms with Gasteiger partial charge in [0.1, 0.15) is 0 Å². The normalized spacial score (nSPS) is 12.5. The van der Waals surface area contributed by atoms with Crippen molar-refractivity contribution in [2.24, 2.45) is 0 Å². The Morgan fingerprint density at radius 2 is 2.31 bits per heavy atom. The molecule has 0 fully saturated rings. The van der Waals surface area contributed by atoms with E-state index in [9.17, 15) is 0 Å². The Morgan fingerprint density at radius 3 is 2.92 bits per heavy atom. The minimum Gasteiger partial charge on any atom is -0.396 e. The second-order valence-electron chi connectivity index (χ2n) is 2.93. The molecule has 1 aromatic carbocycles. The van der Waals surface area contributed by atoms with Gasteiger partial charge in [-0.15, -0.1) is 0 Å². The number of hydrogen-bond donors (Lipinski definition) is 3. The fourth-order valence-electron chi connectivity index (χ4n) is 0.974. The topological polar surface area (TPSA) is 58.3 Å². The first-order valence-corrected chi connectivity index (χ1v) is 4.44. The average Bonchev–Trinajstić information content (AvgIpc) is 2.13. The number of nitrogens with two attached hydrogens (primary N) is 1. The number of aliphatic hydroxyl groups excluding tert-OH is 1. The third-order valence-electron chi connectivity index (χ3n) is 1.73. The monoisotopic (exact) mass is 200 g/mol. The van der Waals surface area contributed by atoms with Crippen LogP contribution in [0.1, 0.15) is 6.92 Å². The van der Waals surface area contributed by atoms with Crippen LogP contribution in [0.3, 0.4) is 0 Å². The molecule has 1 atom stereocenters. The van der Waals surface area contributed by atoms with Gasteiger partial charge in [-0.25, -0.2) is 0 Å². The molecule has 1 rings (SSSR count). The van der Waals surface area contributed by atoms with Gasteiger partial charge in [0.15, 0.2) is 0 Å². The van der Waals surface area contributed by atoms with E-state index in [0.717, 1.165) is 5.69 Å². The van der Waals surface area contributed by atoms with E-state index in [-0.39, 0.29) is 12.6 Å². The van der Waals surface area contributed by atoms with Crippen molar-refractivity contribution in [1.29, 1.82) is 0 Å². The molecule has 72 valence electrons. The summed E-state index contributed by atoms with van der Waals surface area (Å²) in [6.07, 6.45) is 0. The number of anilines is 2. The fourth-order valence-corrected chi connectivity index (χ4v) is 1.15. The molecule has 13 heavy (non-hydrogen) atoms. The summed E-state index contributed by atoms with van der Waals surface area (Å²) in [7, 11) is 0. The second-order valence-corrected chi connectivity index (χ2v) is 3.34. The van der Waals surface area contributed by atoms with E-state index in [0.29, 0.717) is 10.7 Å². The van der Waals surface area contributed by atoms with Crippen molar-refractivity contribution < 1.29 is 5.11 Å². The summed E-state index contributed by atoms with van der Waals surface area (Å²) in [5.74, 6) is 0. The molecule has 0 aliphatic rings. The van der Waals surface area contributed by atoms with E-state index >= 15 is 0 Å². The van der Waals surface area contributed by atoms with Gasteiger partial charge in [-0.2, -0.15) is 0 Å². The van der Waals surface area contributed by atoms with Crippen LogP contribution >= 0.6 is 11.6 Å². The van der Waals surface area contributed by atoms with Crippen LogP contribution in [0.15, 0.2) is 18.2 Å². The lowest BCUT2D eigenvalue weighted by molar-refractivity contribution is 0.281. The van der Waals surface area contributed by atoms with E-state index in [1.165, 1.54) is 0 Å². The van der Waals surface area contributed by atoms with E-state index in [2.05, 4.69) is 5.32 Å². The minimum absolute atomic E-state index is 0.0271. The molecule has 0 saturated heterocycles. The zero-order valence-corrected chi connectivity index (χ0v) is 8.17. The third-order valence-corrected chi connectivity index (χ3v) is 2.06. The van der Waals surface area contributed by atoms with Crippen LogP contribution in [0.5, 0.6) is 0 Å². The molecule has 0 spiro atoms. The van der Waals surface area contributed by atoms with Gasteiger partial charge in [-0.05, 0) is 19.1 Å². The number of benzene rings is 1. The highest BCUT2D eigenvalue weighted by Gasteiger charge is 2.05. The number of para-hydroxylation sites is 1. The molecule has 0 aliphatic heterocycles. The largest absolute Gasteiger partial charge is 0.396 e. The predicted molar refractivity (Wildman–Crippen MR) is 56.0 cm³/mol. The Hall–Kier alpha value is -0.930. The predicted octanol–water partition coefficient (Wildman–Crippen LogP) is 1.71. The number of nitrogen functional groups attached to an aromatic ring is 1. The smallest absolute Gasteiger partial charge is 0.0739 e. The molecule has 1 unspecified atom stereocenters. The molecular weight excluding hydrogens is 188 g/mol. The molecule has 0 aliphatic carbocycles. The summed E-state index contributed by atoms with van der Waals surface area (Å²) < 4.78 is 0. The summed E-state index contributed by atoms with van der Waals surface area (Å²) >= 11 is 5.81. The lowest BCUT2D eigenvalue weighted by Crippen LogP contribution is -2.20. The first-order chi connectivity index (χ1) is 6.15. The van der Waals surface area contributed by atoms with Crippen LogP contribution in [-0.2, 0) is 0 Å². The highest BCUT2D eigenvalue weighted by atomic mass is 35.5. The van der Waals surface area contributed by atoms with Crippen molar-refractivity contribution in [3.8, 4) is 0 Å². The molecule has 4 heteroatoms. The molecule has 3 nitrogen and oxygen atoms in total. The quantitative estimate of drug-likeness (QED) is 0.652. The molecule has 0 amide bonds. The van der Waals surface area contributed by atoms with E-state index in [4.69, 9.17) is 22.4 Å². The fraction of sp³-hybridized carbons (Fsp3) is 0.333. The maximum absolute atomic E-state index is 8.82. The molecule has 0 aromatic heterocycles. The lowest BCUT2D eigenvalue weighted by atomic mass is 10.2. The highest BCUT2D eigenvalue weighted by Crippen LogP contribution is 2.26. The van der Waals surface area contributed by atoms with Crippen LogP contribution in [0.2, 0.25) is 5.02 Å². The Morgan fingerprint density at radius 1 is 1.62 bits per heavy atom. The molecule has 0 heterocycles. The minimum atomic E-state index is -0.0271. The molecule has 1 aromatic rings. The van der Waals surface area contributed by atoms with E-state index in [1.807, 2.05) is 19.1 Å². The Bertz CT molecular complexity index is 291. The maximum atomic E-state index is 8.82. The summed E-state index contributed by atoms with van der Waals surface area (Å²) in [6, 6.07) is 5.34. The number of nitrogens with one attached hydrogen (secondary N) is 1. The van der Waals surface area contributed by atoms with Crippen LogP contribution in [-0.4, -0.2) is 17.8 Å². The lowest BCUT2D eigenvalue weighted by Gasteiger charge is -2.14. The standard InChI is InChI=1S/C9H13ClN2O/c1-6(5-13)12-8-4-2-3-7(10)9(8)11/h2-4,6,12-13H,5,11H2,1H3. The molecule has 0 bridgehead atoms. The van der Waals surface area contributed by atoms with Gasteiger partial charge in [-0.1, -0.05) is 17.7 Å². The summed E-state index contributed by atoms with van der Waals surface area (Å²) in [5, 5.41) is 12.4. The van der Waals surface area contributed by atoms with Gasteiger partial charge < -0.3 is 16.2 Å². The number of hydrogen-bond acceptors (Lipinski definition) is 3.